The normalized spacial score (nSPS) is 18.0. The Morgan fingerprint density at radius 2 is 2.19 bits per heavy atom. The van der Waals surface area contributed by atoms with Gasteiger partial charge < -0.3 is 19.3 Å². The fourth-order valence-corrected chi connectivity index (χ4v) is 2.05. The number of hydrogen-bond acceptors (Lipinski definition) is 6. The Kier molecular flexibility index (Phi) is 10.1. The van der Waals surface area contributed by atoms with Crippen LogP contribution in [0.3, 0.4) is 0 Å². The molecule has 0 spiro atoms. The summed E-state index contributed by atoms with van der Waals surface area (Å²) in [6.45, 7) is 7.56. The van der Waals surface area contributed by atoms with Gasteiger partial charge in [0, 0.05) is 31.7 Å². The van der Waals surface area contributed by atoms with Gasteiger partial charge in [0.2, 0.25) is 0 Å². The van der Waals surface area contributed by atoms with Gasteiger partial charge in [-0.3, -0.25) is 4.90 Å². The Labute approximate surface area is 126 Å². The van der Waals surface area contributed by atoms with Crippen LogP contribution in [0.2, 0.25) is 0 Å². The first-order valence-electron chi connectivity index (χ1n) is 7.58. The van der Waals surface area contributed by atoms with E-state index in [4.69, 9.17) is 14.2 Å². The van der Waals surface area contributed by atoms with Crippen molar-refractivity contribution in [3.63, 3.8) is 0 Å². The molecule has 0 saturated carbocycles. The molecule has 1 aliphatic heterocycles. The molecule has 0 aromatic carbocycles. The van der Waals surface area contributed by atoms with E-state index in [0.29, 0.717) is 19.8 Å². The van der Waals surface area contributed by atoms with Gasteiger partial charge in [-0.25, -0.2) is 4.79 Å². The molecule has 21 heavy (non-hydrogen) atoms. The predicted molar refractivity (Wildman–Crippen MR) is 79.0 cm³/mol. The Morgan fingerprint density at radius 1 is 1.43 bits per heavy atom. The number of nitrogens with zero attached hydrogens (tertiary/aromatic N) is 1. The van der Waals surface area contributed by atoms with E-state index in [9.17, 15) is 9.90 Å². The van der Waals surface area contributed by atoms with Crippen LogP contribution < -0.4 is 0 Å². The molecule has 0 bridgehead atoms. The molecule has 1 N–H and O–H groups in total. The van der Waals surface area contributed by atoms with Crippen LogP contribution in [-0.4, -0.2) is 75.3 Å². The molecule has 6 heteroatoms. The molecule has 1 heterocycles. The maximum atomic E-state index is 11.1. The highest BCUT2D eigenvalue weighted by Crippen LogP contribution is 2.06. The predicted octanol–water partition coefficient (Wildman–Crippen LogP) is 0.453. The molecular weight excluding hydrogens is 274 g/mol. The van der Waals surface area contributed by atoms with Crippen LogP contribution >= 0.6 is 0 Å². The van der Waals surface area contributed by atoms with Crippen molar-refractivity contribution in [3.05, 3.63) is 12.2 Å². The Morgan fingerprint density at radius 3 is 2.86 bits per heavy atom. The van der Waals surface area contributed by atoms with Crippen LogP contribution in [0.1, 0.15) is 13.3 Å². The third-order valence-electron chi connectivity index (χ3n) is 3.32. The first-order chi connectivity index (χ1) is 10.3. The summed E-state index contributed by atoms with van der Waals surface area (Å²) in [6.07, 6.45) is 3.90. The quantitative estimate of drug-likeness (QED) is 0.359. The van der Waals surface area contributed by atoms with E-state index >= 15 is 0 Å². The van der Waals surface area contributed by atoms with Crippen LogP contribution in [0.15, 0.2) is 12.2 Å². The summed E-state index contributed by atoms with van der Waals surface area (Å²) >= 11 is 0. The Balaban J connectivity index is 2.08. The number of aliphatic hydroxyl groups excluding tert-OH is 1. The maximum Gasteiger partial charge on any atom is 0.330 e. The number of ether oxygens (including phenoxy) is 3. The second-order valence-corrected chi connectivity index (χ2v) is 4.98. The molecule has 0 radical (unpaired) electrons. The molecule has 0 aromatic rings. The second kappa shape index (κ2) is 11.7. The summed E-state index contributed by atoms with van der Waals surface area (Å²) in [4.78, 5) is 13.4. The molecule has 1 rings (SSSR count). The summed E-state index contributed by atoms with van der Waals surface area (Å²) in [5.41, 5.74) is 0. The fourth-order valence-electron chi connectivity index (χ4n) is 2.05. The van der Waals surface area contributed by atoms with E-state index in [2.05, 4.69) is 4.90 Å². The number of aliphatic hydroxyl groups is 1. The van der Waals surface area contributed by atoms with E-state index in [1.807, 2.05) is 0 Å². The summed E-state index contributed by atoms with van der Waals surface area (Å²) < 4.78 is 15.5. The lowest BCUT2D eigenvalue weighted by Gasteiger charge is -2.27. The molecule has 1 unspecified atom stereocenters. The summed E-state index contributed by atoms with van der Waals surface area (Å²) in [7, 11) is 0. The van der Waals surface area contributed by atoms with Gasteiger partial charge >= 0.3 is 5.97 Å². The number of rotatable bonds is 10. The topological polar surface area (TPSA) is 68.2 Å². The summed E-state index contributed by atoms with van der Waals surface area (Å²) in [5.74, 6) is -0.226. The minimum absolute atomic E-state index is 0.117. The minimum Gasteiger partial charge on any atom is -0.463 e. The standard InChI is InChI=1S/C15H27NO5/c1-2-21-15(18)4-3-9-20-13-14(12-17)5-6-16-7-10-19-11-8-16/h3-4,14,17H,2,5-13H2,1H3/b4-3+. The number of carbonyl (C=O) groups is 1. The van der Waals surface area contributed by atoms with Gasteiger partial charge in [-0.15, -0.1) is 0 Å². The largest absolute Gasteiger partial charge is 0.463 e. The van der Waals surface area contributed by atoms with Crippen LogP contribution in [0.25, 0.3) is 0 Å². The lowest BCUT2D eigenvalue weighted by atomic mass is 10.1. The van der Waals surface area contributed by atoms with Crippen molar-refractivity contribution in [2.24, 2.45) is 5.92 Å². The van der Waals surface area contributed by atoms with E-state index in [1.54, 1.807) is 13.0 Å². The minimum atomic E-state index is -0.355. The molecule has 1 fully saturated rings. The number of hydrogen-bond donors (Lipinski definition) is 1. The molecule has 122 valence electrons. The van der Waals surface area contributed by atoms with Crippen molar-refractivity contribution in [1.29, 1.82) is 0 Å². The maximum absolute atomic E-state index is 11.1. The van der Waals surface area contributed by atoms with Crippen molar-refractivity contribution in [3.8, 4) is 0 Å². The van der Waals surface area contributed by atoms with Gasteiger partial charge in [0.05, 0.1) is 33.0 Å². The third kappa shape index (κ3) is 8.83. The average molecular weight is 301 g/mol. The first-order valence-corrected chi connectivity index (χ1v) is 7.58. The fraction of sp³-hybridized carbons (Fsp3) is 0.800. The summed E-state index contributed by atoms with van der Waals surface area (Å²) in [5, 5.41) is 9.35. The van der Waals surface area contributed by atoms with Crippen LogP contribution in [0.4, 0.5) is 0 Å². The highest BCUT2D eigenvalue weighted by atomic mass is 16.5. The lowest BCUT2D eigenvalue weighted by molar-refractivity contribution is -0.137. The lowest BCUT2D eigenvalue weighted by Crippen LogP contribution is -2.38. The van der Waals surface area contributed by atoms with Crippen LogP contribution in [-0.2, 0) is 19.0 Å². The van der Waals surface area contributed by atoms with E-state index in [0.717, 1.165) is 39.3 Å². The second-order valence-electron chi connectivity index (χ2n) is 4.98. The average Bonchev–Trinajstić information content (AvgIpc) is 2.51. The van der Waals surface area contributed by atoms with Gasteiger partial charge in [0.25, 0.3) is 0 Å². The van der Waals surface area contributed by atoms with E-state index in [1.165, 1.54) is 6.08 Å². The van der Waals surface area contributed by atoms with E-state index in [-0.39, 0.29) is 18.5 Å². The zero-order valence-electron chi connectivity index (χ0n) is 12.8. The molecule has 0 aromatic heterocycles. The van der Waals surface area contributed by atoms with Crippen molar-refractivity contribution < 1.29 is 24.1 Å². The van der Waals surface area contributed by atoms with E-state index < -0.39 is 0 Å². The highest BCUT2D eigenvalue weighted by molar-refractivity contribution is 5.81. The zero-order chi connectivity index (χ0) is 15.3. The third-order valence-corrected chi connectivity index (χ3v) is 3.32. The van der Waals surface area contributed by atoms with Crippen LogP contribution in [0.5, 0.6) is 0 Å². The number of carbonyl (C=O) groups excluding carboxylic acids is 1. The number of morpholine rings is 1. The first kappa shape index (κ1) is 18.1. The SMILES string of the molecule is CCOC(=O)/C=C/COCC(CO)CCN1CCOCC1. The molecular formula is C15H27NO5. The smallest absolute Gasteiger partial charge is 0.330 e. The zero-order valence-corrected chi connectivity index (χ0v) is 12.8. The van der Waals surface area contributed by atoms with Crippen molar-refractivity contribution in [2.75, 3.05) is 59.3 Å². The van der Waals surface area contributed by atoms with Gasteiger partial charge in [-0.2, -0.15) is 0 Å². The molecule has 0 amide bonds. The van der Waals surface area contributed by atoms with Crippen molar-refractivity contribution in [1.82, 2.24) is 4.90 Å². The Bertz CT molecular complexity index is 302. The Hall–Kier alpha value is -0.950. The molecule has 0 aliphatic carbocycles. The van der Waals surface area contributed by atoms with Gasteiger partial charge in [-0.05, 0) is 19.9 Å². The van der Waals surface area contributed by atoms with Crippen molar-refractivity contribution >= 4 is 5.97 Å². The monoisotopic (exact) mass is 301 g/mol. The molecule has 6 nitrogen and oxygen atoms in total. The van der Waals surface area contributed by atoms with Gasteiger partial charge in [0.1, 0.15) is 0 Å². The molecule has 1 atom stereocenters. The van der Waals surface area contributed by atoms with Crippen molar-refractivity contribution in [2.45, 2.75) is 13.3 Å². The highest BCUT2D eigenvalue weighted by Gasteiger charge is 2.13. The van der Waals surface area contributed by atoms with Crippen LogP contribution in [0, 0.1) is 5.92 Å². The number of esters is 1. The molecule has 1 aliphatic rings. The van der Waals surface area contributed by atoms with Gasteiger partial charge in [-0.1, -0.05) is 6.08 Å². The molecule has 1 saturated heterocycles. The summed E-state index contributed by atoms with van der Waals surface area (Å²) in [6, 6.07) is 0. The van der Waals surface area contributed by atoms with Gasteiger partial charge in [0.15, 0.2) is 0 Å².